The monoisotopic (exact) mass is 288 g/mol. The second-order valence-corrected chi connectivity index (χ2v) is 4.46. The third-order valence-electron chi connectivity index (χ3n) is 2.06. The molecule has 0 aromatic carbocycles. The largest absolute Gasteiger partial charge is 0.368 e. The number of anilines is 1. The number of hydrogen-bond donors (Lipinski definition) is 3. The number of aromatic amines is 1. The number of hydrogen-bond acceptors (Lipinski definition) is 4. The van der Waals surface area contributed by atoms with Crippen LogP contribution in [0.25, 0.3) is 0 Å². The summed E-state index contributed by atoms with van der Waals surface area (Å²) in [6, 6.07) is -0.564. The van der Waals surface area contributed by atoms with Gasteiger partial charge in [-0.05, 0) is 21.8 Å². The van der Waals surface area contributed by atoms with Crippen molar-refractivity contribution in [3.63, 3.8) is 0 Å². The number of carbonyl (C=O) groups excluding carboxylic acids is 1. The van der Waals surface area contributed by atoms with Crippen molar-refractivity contribution in [2.45, 2.75) is 19.9 Å². The van der Waals surface area contributed by atoms with Crippen molar-refractivity contribution < 1.29 is 4.79 Å². The maximum Gasteiger partial charge on any atom is 0.267 e. The van der Waals surface area contributed by atoms with Crippen LogP contribution in [0.15, 0.2) is 15.6 Å². The molecule has 1 aromatic heterocycles. The number of rotatable bonds is 4. The highest BCUT2D eigenvalue weighted by atomic mass is 79.9. The molecule has 0 bridgehead atoms. The standard InChI is InChI=1S/C9H13BrN4O2/c1-4(2)6(7(11)15)14-8-5(10)9(16)13-3-12-8/h3-4,6H,1-2H3,(H2,11,15)(H2,12,13,14,16). The molecule has 0 aliphatic rings. The number of nitrogens with zero attached hydrogens (tertiary/aromatic N) is 1. The van der Waals surface area contributed by atoms with Crippen LogP contribution in [0, 0.1) is 5.92 Å². The molecule has 0 spiro atoms. The molecule has 0 saturated heterocycles. The highest BCUT2D eigenvalue weighted by Crippen LogP contribution is 2.16. The Morgan fingerprint density at radius 1 is 1.62 bits per heavy atom. The van der Waals surface area contributed by atoms with E-state index in [9.17, 15) is 9.59 Å². The lowest BCUT2D eigenvalue weighted by Crippen LogP contribution is -2.40. The molecule has 0 fully saturated rings. The van der Waals surface area contributed by atoms with E-state index in [4.69, 9.17) is 5.73 Å². The Balaban J connectivity index is 2.99. The molecule has 1 amide bonds. The van der Waals surface area contributed by atoms with Gasteiger partial charge < -0.3 is 16.0 Å². The zero-order valence-electron chi connectivity index (χ0n) is 8.95. The molecule has 7 heteroatoms. The van der Waals surface area contributed by atoms with Gasteiger partial charge in [-0.25, -0.2) is 4.98 Å². The Morgan fingerprint density at radius 3 is 2.75 bits per heavy atom. The van der Waals surface area contributed by atoms with E-state index in [1.54, 1.807) is 0 Å². The van der Waals surface area contributed by atoms with E-state index in [-0.39, 0.29) is 15.9 Å². The minimum atomic E-state index is -0.564. The molecule has 1 rings (SSSR count). The Bertz CT molecular complexity index is 443. The summed E-state index contributed by atoms with van der Waals surface area (Å²) in [5, 5.41) is 2.83. The maximum atomic E-state index is 11.3. The van der Waals surface area contributed by atoms with Gasteiger partial charge in [-0.15, -0.1) is 0 Å². The van der Waals surface area contributed by atoms with Gasteiger partial charge in [0.1, 0.15) is 16.3 Å². The highest BCUT2D eigenvalue weighted by molar-refractivity contribution is 9.10. The molecule has 6 nitrogen and oxygen atoms in total. The molecule has 16 heavy (non-hydrogen) atoms. The topological polar surface area (TPSA) is 101 Å². The minimum Gasteiger partial charge on any atom is -0.368 e. The quantitative estimate of drug-likeness (QED) is 0.749. The Labute approximate surface area is 101 Å². The molecule has 0 aliphatic carbocycles. The highest BCUT2D eigenvalue weighted by Gasteiger charge is 2.21. The van der Waals surface area contributed by atoms with Crippen molar-refractivity contribution in [3.05, 3.63) is 21.2 Å². The van der Waals surface area contributed by atoms with Gasteiger partial charge in [0.15, 0.2) is 0 Å². The molecular weight excluding hydrogens is 276 g/mol. The van der Waals surface area contributed by atoms with E-state index in [1.165, 1.54) is 6.33 Å². The molecule has 0 saturated carbocycles. The molecular formula is C9H13BrN4O2. The summed E-state index contributed by atoms with van der Waals surface area (Å²) < 4.78 is 0.252. The van der Waals surface area contributed by atoms with Gasteiger partial charge in [0.05, 0.1) is 6.33 Å². The van der Waals surface area contributed by atoms with Crippen LogP contribution in [-0.4, -0.2) is 21.9 Å². The predicted molar refractivity (Wildman–Crippen MR) is 64.0 cm³/mol. The number of nitrogens with one attached hydrogen (secondary N) is 2. The summed E-state index contributed by atoms with van der Waals surface area (Å²) in [6.45, 7) is 3.70. The molecule has 0 aliphatic heterocycles. The van der Waals surface area contributed by atoms with Crippen LogP contribution in [0.2, 0.25) is 0 Å². The first kappa shape index (κ1) is 12.7. The first-order valence-corrected chi connectivity index (χ1v) is 5.51. The number of halogens is 1. The van der Waals surface area contributed by atoms with Gasteiger partial charge in [-0.2, -0.15) is 0 Å². The van der Waals surface area contributed by atoms with Crippen LogP contribution in [0.3, 0.4) is 0 Å². The maximum absolute atomic E-state index is 11.3. The summed E-state index contributed by atoms with van der Waals surface area (Å²) in [4.78, 5) is 28.8. The minimum absolute atomic E-state index is 0.00508. The van der Waals surface area contributed by atoms with Crippen LogP contribution >= 0.6 is 15.9 Å². The molecule has 1 heterocycles. The van der Waals surface area contributed by atoms with Crippen LogP contribution in [-0.2, 0) is 4.79 Å². The van der Waals surface area contributed by atoms with Crippen molar-refractivity contribution >= 4 is 27.7 Å². The van der Waals surface area contributed by atoms with Crippen LogP contribution in [0.5, 0.6) is 0 Å². The van der Waals surface area contributed by atoms with Gasteiger partial charge in [0, 0.05) is 0 Å². The third kappa shape index (κ3) is 2.82. The van der Waals surface area contributed by atoms with E-state index < -0.39 is 11.9 Å². The lowest BCUT2D eigenvalue weighted by atomic mass is 10.0. The van der Waals surface area contributed by atoms with Crippen LogP contribution in [0.4, 0.5) is 5.82 Å². The fourth-order valence-corrected chi connectivity index (χ4v) is 1.53. The van der Waals surface area contributed by atoms with Crippen molar-refractivity contribution in [1.29, 1.82) is 0 Å². The molecule has 1 aromatic rings. The Morgan fingerprint density at radius 2 is 2.25 bits per heavy atom. The second kappa shape index (κ2) is 5.11. The number of amides is 1. The first-order valence-electron chi connectivity index (χ1n) is 4.72. The smallest absolute Gasteiger partial charge is 0.267 e. The zero-order valence-corrected chi connectivity index (χ0v) is 10.5. The number of primary amides is 1. The lowest BCUT2D eigenvalue weighted by Gasteiger charge is -2.19. The second-order valence-electron chi connectivity index (χ2n) is 3.66. The molecule has 4 N–H and O–H groups in total. The molecule has 1 atom stereocenters. The number of carbonyl (C=O) groups is 1. The predicted octanol–water partition coefficient (Wildman–Crippen LogP) is 0.454. The average molecular weight is 289 g/mol. The number of nitrogens with two attached hydrogens (primary N) is 1. The van der Waals surface area contributed by atoms with Gasteiger partial charge in [-0.1, -0.05) is 13.8 Å². The zero-order chi connectivity index (χ0) is 12.3. The van der Waals surface area contributed by atoms with Gasteiger partial charge in [0.25, 0.3) is 5.56 Å². The SMILES string of the molecule is CC(C)C(Nc1nc[nH]c(=O)c1Br)C(N)=O. The lowest BCUT2D eigenvalue weighted by molar-refractivity contribution is -0.119. The molecule has 1 unspecified atom stereocenters. The van der Waals surface area contributed by atoms with E-state index in [0.717, 1.165) is 0 Å². The fourth-order valence-electron chi connectivity index (χ4n) is 1.20. The Kier molecular flexibility index (Phi) is 4.05. The van der Waals surface area contributed by atoms with E-state index >= 15 is 0 Å². The molecule has 0 radical (unpaired) electrons. The average Bonchev–Trinajstić information content (AvgIpc) is 2.19. The summed E-state index contributed by atoms with van der Waals surface area (Å²) >= 11 is 3.09. The fraction of sp³-hybridized carbons (Fsp3) is 0.444. The first-order chi connectivity index (χ1) is 7.43. The van der Waals surface area contributed by atoms with Gasteiger partial charge in [-0.3, -0.25) is 9.59 Å². The number of H-pyrrole nitrogens is 1. The van der Waals surface area contributed by atoms with Crippen LogP contribution < -0.4 is 16.6 Å². The Hall–Kier alpha value is -1.37. The third-order valence-corrected chi connectivity index (χ3v) is 2.80. The normalized spacial score (nSPS) is 12.5. The van der Waals surface area contributed by atoms with Crippen molar-refractivity contribution in [2.75, 3.05) is 5.32 Å². The van der Waals surface area contributed by atoms with Gasteiger partial charge >= 0.3 is 0 Å². The van der Waals surface area contributed by atoms with Crippen molar-refractivity contribution in [3.8, 4) is 0 Å². The van der Waals surface area contributed by atoms with Crippen LogP contribution in [0.1, 0.15) is 13.8 Å². The summed E-state index contributed by atoms with van der Waals surface area (Å²) in [6.07, 6.45) is 1.26. The van der Waals surface area contributed by atoms with E-state index in [0.29, 0.717) is 5.82 Å². The summed E-state index contributed by atoms with van der Waals surface area (Å²) in [5.41, 5.74) is 4.93. The van der Waals surface area contributed by atoms with E-state index in [1.807, 2.05) is 13.8 Å². The summed E-state index contributed by atoms with van der Waals surface area (Å²) in [5.74, 6) is -0.171. The molecule has 88 valence electrons. The van der Waals surface area contributed by atoms with Gasteiger partial charge in [0.2, 0.25) is 5.91 Å². The van der Waals surface area contributed by atoms with Crippen molar-refractivity contribution in [1.82, 2.24) is 9.97 Å². The van der Waals surface area contributed by atoms with Crippen molar-refractivity contribution in [2.24, 2.45) is 11.7 Å². The summed E-state index contributed by atoms with van der Waals surface area (Å²) in [7, 11) is 0. The number of aromatic nitrogens is 2. The van der Waals surface area contributed by atoms with E-state index in [2.05, 4.69) is 31.2 Å².